The molecule has 0 saturated heterocycles. The number of fused-ring (bicyclic) bond motifs is 1. The van der Waals surface area contributed by atoms with Crippen LogP contribution in [0, 0.1) is 12.7 Å². The minimum atomic E-state index is -4.08. The second-order valence-electron chi connectivity index (χ2n) is 7.72. The number of hydrogen-bond acceptors (Lipinski definition) is 5. The number of methoxy groups -OCH3 is 1. The van der Waals surface area contributed by atoms with Crippen LogP contribution in [0.4, 0.5) is 15.8 Å². The maximum atomic E-state index is 13.7. The fraction of sp³-hybridized carbons (Fsp3) is 0.217. The maximum absolute atomic E-state index is 13.7. The predicted molar refractivity (Wildman–Crippen MR) is 124 cm³/mol. The van der Waals surface area contributed by atoms with Crippen molar-refractivity contribution in [3.8, 4) is 5.75 Å². The standard InChI is InChI=1S/C23H23FN2O5S2/c1-16-5-7-18(24)14-23(16)32(27,28)25-19-8-6-17-4-3-13-26(22(17)15-19)33(29,30)21-11-9-20(31-2)10-12-21/h5-12,14-15,25H,3-4,13H2,1-2H3. The average molecular weight is 491 g/mol. The van der Waals surface area contributed by atoms with Crippen molar-refractivity contribution < 1.29 is 26.0 Å². The first-order chi connectivity index (χ1) is 15.6. The lowest BCUT2D eigenvalue weighted by Gasteiger charge is -2.31. The van der Waals surface area contributed by atoms with Gasteiger partial charge in [0, 0.05) is 6.54 Å². The van der Waals surface area contributed by atoms with E-state index in [1.165, 1.54) is 41.7 Å². The van der Waals surface area contributed by atoms with Crippen molar-refractivity contribution in [3.05, 3.63) is 77.6 Å². The van der Waals surface area contributed by atoms with Gasteiger partial charge in [-0.2, -0.15) is 0 Å². The molecule has 3 aromatic carbocycles. The molecule has 4 rings (SSSR count). The number of aryl methyl sites for hydroxylation is 2. The minimum absolute atomic E-state index is 0.109. The summed E-state index contributed by atoms with van der Waals surface area (Å²) in [7, 11) is -6.45. The van der Waals surface area contributed by atoms with Gasteiger partial charge in [0.15, 0.2) is 0 Å². The van der Waals surface area contributed by atoms with Crippen LogP contribution in [0.3, 0.4) is 0 Å². The highest BCUT2D eigenvalue weighted by Gasteiger charge is 2.30. The van der Waals surface area contributed by atoms with Crippen LogP contribution in [-0.4, -0.2) is 30.5 Å². The molecule has 0 radical (unpaired) electrons. The first-order valence-corrected chi connectivity index (χ1v) is 13.1. The number of ether oxygens (including phenoxy) is 1. The van der Waals surface area contributed by atoms with Gasteiger partial charge < -0.3 is 4.74 Å². The quantitative estimate of drug-likeness (QED) is 0.562. The van der Waals surface area contributed by atoms with E-state index in [1.807, 2.05) is 0 Å². The monoisotopic (exact) mass is 490 g/mol. The number of benzene rings is 3. The van der Waals surface area contributed by atoms with Gasteiger partial charge in [0.1, 0.15) is 11.6 Å². The summed E-state index contributed by atoms with van der Waals surface area (Å²) in [5.74, 6) is -0.125. The van der Waals surface area contributed by atoms with E-state index in [1.54, 1.807) is 31.2 Å². The lowest BCUT2D eigenvalue weighted by Crippen LogP contribution is -2.35. The number of hydrogen-bond donors (Lipinski definition) is 1. The molecule has 0 saturated carbocycles. The summed E-state index contributed by atoms with van der Waals surface area (Å²) in [6.07, 6.45) is 1.30. The average Bonchev–Trinajstić information content (AvgIpc) is 2.79. The summed E-state index contributed by atoms with van der Waals surface area (Å²) in [6, 6.07) is 14.4. The van der Waals surface area contributed by atoms with Crippen molar-refractivity contribution in [1.29, 1.82) is 0 Å². The molecule has 0 aliphatic carbocycles. The van der Waals surface area contributed by atoms with Crippen molar-refractivity contribution in [2.45, 2.75) is 29.6 Å². The second kappa shape index (κ2) is 8.68. The molecular weight excluding hydrogens is 467 g/mol. The molecule has 1 N–H and O–H groups in total. The number of rotatable bonds is 6. The third-order valence-electron chi connectivity index (χ3n) is 5.50. The molecular formula is C23H23FN2O5S2. The van der Waals surface area contributed by atoms with Crippen molar-refractivity contribution >= 4 is 31.4 Å². The third kappa shape index (κ3) is 4.53. The molecule has 174 valence electrons. The number of anilines is 2. The van der Waals surface area contributed by atoms with Crippen molar-refractivity contribution in [3.63, 3.8) is 0 Å². The van der Waals surface area contributed by atoms with E-state index < -0.39 is 25.9 Å². The summed E-state index contributed by atoms with van der Waals surface area (Å²) in [6.45, 7) is 1.84. The molecule has 10 heteroatoms. The Morgan fingerprint density at radius 3 is 2.39 bits per heavy atom. The number of sulfonamides is 2. The smallest absolute Gasteiger partial charge is 0.264 e. The van der Waals surface area contributed by atoms with Crippen molar-refractivity contribution in [1.82, 2.24) is 0 Å². The first kappa shape index (κ1) is 23.1. The zero-order chi connectivity index (χ0) is 23.8. The summed E-state index contributed by atoms with van der Waals surface area (Å²) < 4.78 is 75.0. The van der Waals surface area contributed by atoms with Crippen molar-refractivity contribution in [2.24, 2.45) is 0 Å². The van der Waals surface area contributed by atoms with E-state index in [2.05, 4.69) is 4.72 Å². The topological polar surface area (TPSA) is 92.8 Å². The molecule has 0 bridgehead atoms. The Labute approximate surface area is 192 Å². The summed E-state index contributed by atoms with van der Waals surface area (Å²) in [4.78, 5) is -0.0690. The van der Waals surface area contributed by atoms with Crippen LogP contribution in [0.5, 0.6) is 5.75 Å². The molecule has 0 unspecified atom stereocenters. The van der Waals surface area contributed by atoms with Gasteiger partial charge in [0.2, 0.25) is 0 Å². The highest BCUT2D eigenvalue weighted by molar-refractivity contribution is 7.93. The van der Waals surface area contributed by atoms with Gasteiger partial charge >= 0.3 is 0 Å². The van der Waals surface area contributed by atoms with Crippen LogP contribution in [-0.2, 0) is 26.5 Å². The molecule has 0 aromatic heterocycles. The summed E-state index contributed by atoms with van der Waals surface area (Å²) in [5.41, 5.74) is 1.79. The molecule has 1 aliphatic rings. The molecule has 1 heterocycles. The van der Waals surface area contributed by atoms with Crippen LogP contribution in [0.15, 0.2) is 70.5 Å². The van der Waals surface area contributed by atoms with E-state index in [4.69, 9.17) is 4.74 Å². The second-order valence-corrected chi connectivity index (χ2v) is 11.2. The molecule has 0 fully saturated rings. The Balaban J connectivity index is 1.70. The van der Waals surface area contributed by atoms with Gasteiger partial charge in [-0.15, -0.1) is 0 Å². The summed E-state index contributed by atoms with van der Waals surface area (Å²) in [5, 5.41) is 0. The van der Waals surface area contributed by atoms with E-state index in [0.29, 0.717) is 29.8 Å². The van der Waals surface area contributed by atoms with Crippen molar-refractivity contribution in [2.75, 3.05) is 22.7 Å². The molecule has 33 heavy (non-hydrogen) atoms. The molecule has 7 nitrogen and oxygen atoms in total. The predicted octanol–water partition coefficient (Wildman–Crippen LogP) is 4.09. The van der Waals surface area contributed by atoms with Crippen LogP contribution >= 0.6 is 0 Å². The molecule has 0 atom stereocenters. The van der Waals surface area contributed by atoms with Crippen LogP contribution < -0.4 is 13.8 Å². The van der Waals surface area contributed by atoms with Gasteiger partial charge in [-0.3, -0.25) is 9.03 Å². The lowest BCUT2D eigenvalue weighted by molar-refractivity contribution is 0.414. The fourth-order valence-electron chi connectivity index (χ4n) is 3.80. The normalized spacial score (nSPS) is 14.0. The van der Waals surface area contributed by atoms with Crippen LogP contribution in [0.25, 0.3) is 0 Å². The van der Waals surface area contributed by atoms with Crippen LogP contribution in [0.2, 0.25) is 0 Å². The van der Waals surface area contributed by atoms with Gasteiger partial charge in [0.25, 0.3) is 20.0 Å². The maximum Gasteiger partial charge on any atom is 0.264 e. The zero-order valence-corrected chi connectivity index (χ0v) is 19.7. The first-order valence-electron chi connectivity index (χ1n) is 10.2. The Kier molecular flexibility index (Phi) is 6.06. The Morgan fingerprint density at radius 1 is 0.970 bits per heavy atom. The Bertz CT molecular complexity index is 1410. The molecule has 1 aliphatic heterocycles. The van der Waals surface area contributed by atoms with E-state index in [0.717, 1.165) is 11.6 Å². The molecule has 0 spiro atoms. The van der Waals surface area contributed by atoms with Gasteiger partial charge in [0.05, 0.1) is 28.3 Å². The largest absolute Gasteiger partial charge is 0.497 e. The van der Waals surface area contributed by atoms with E-state index in [-0.39, 0.29) is 22.0 Å². The Hall–Kier alpha value is -3.11. The zero-order valence-electron chi connectivity index (χ0n) is 18.1. The minimum Gasteiger partial charge on any atom is -0.497 e. The number of nitrogens with zero attached hydrogens (tertiary/aromatic N) is 1. The van der Waals surface area contributed by atoms with E-state index >= 15 is 0 Å². The highest BCUT2D eigenvalue weighted by atomic mass is 32.2. The fourth-order valence-corrected chi connectivity index (χ4v) is 6.64. The van der Waals surface area contributed by atoms with Gasteiger partial charge in [-0.05, 0) is 79.4 Å². The van der Waals surface area contributed by atoms with Crippen LogP contribution in [0.1, 0.15) is 17.5 Å². The van der Waals surface area contributed by atoms with Gasteiger partial charge in [-0.1, -0.05) is 12.1 Å². The summed E-state index contributed by atoms with van der Waals surface area (Å²) >= 11 is 0. The highest BCUT2D eigenvalue weighted by Crippen LogP contribution is 2.35. The molecule has 3 aromatic rings. The van der Waals surface area contributed by atoms with E-state index in [9.17, 15) is 21.2 Å². The Morgan fingerprint density at radius 2 is 1.70 bits per heavy atom. The number of halogens is 1. The van der Waals surface area contributed by atoms with Gasteiger partial charge in [-0.25, -0.2) is 21.2 Å². The molecule has 0 amide bonds. The lowest BCUT2D eigenvalue weighted by atomic mass is 10.0. The number of nitrogens with one attached hydrogen (secondary N) is 1. The third-order valence-corrected chi connectivity index (χ3v) is 8.85. The SMILES string of the molecule is COc1ccc(S(=O)(=O)N2CCCc3ccc(NS(=O)(=O)c4cc(F)ccc4C)cc32)cc1.